The average Bonchev–Trinajstić information content (AvgIpc) is 2.01. The Morgan fingerprint density at radius 1 is 1.33 bits per heavy atom. The summed E-state index contributed by atoms with van der Waals surface area (Å²) in [4.78, 5) is 0. The maximum Gasteiger partial charge on any atom is 0.123 e. The molecule has 0 saturated carbocycles. The number of hydrogen-bond acceptors (Lipinski definition) is 0. The molecule has 0 N–H and O–H groups in total. The molecule has 0 bridgehead atoms. The van der Waals surface area contributed by atoms with Crippen LogP contribution in [0, 0.1) is 11.7 Å². The molecule has 0 spiro atoms. The largest absolute Gasteiger partial charge is 0.207 e. The predicted molar refractivity (Wildman–Crippen MR) is 49.3 cm³/mol. The second kappa shape index (κ2) is 4.24. The monoisotopic (exact) mass is 165 g/mol. The maximum atomic E-state index is 12.7. The normalized spacial score (nSPS) is 10.7. The Bertz CT molecular complexity index is 241. The molecule has 0 aliphatic carbocycles. The summed E-state index contributed by atoms with van der Waals surface area (Å²) >= 11 is 0. The molecule has 0 unspecified atom stereocenters. The summed E-state index contributed by atoms with van der Waals surface area (Å²) in [6, 6.07) is 6.80. The van der Waals surface area contributed by atoms with Crippen LogP contribution in [0.15, 0.2) is 24.3 Å². The van der Waals surface area contributed by atoms with Gasteiger partial charge >= 0.3 is 0 Å². The van der Waals surface area contributed by atoms with Gasteiger partial charge in [-0.3, -0.25) is 0 Å². The molecule has 0 aromatic heterocycles. The van der Waals surface area contributed by atoms with Crippen LogP contribution < -0.4 is 0 Å². The highest BCUT2D eigenvalue weighted by Crippen LogP contribution is 2.11. The van der Waals surface area contributed by atoms with Gasteiger partial charge in [0.15, 0.2) is 0 Å². The highest BCUT2D eigenvalue weighted by molar-refractivity contribution is 5.16. The second-order valence-electron chi connectivity index (χ2n) is 3.34. The minimum atomic E-state index is -0.138. The Morgan fingerprint density at radius 3 is 2.67 bits per heavy atom. The molecule has 0 saturated heterocycles. The third-order valence-corrected chi connectivity index (χ3v) is 1.80. The minimum Gasteiger partial charge on any atom is -0.207 e. The van der Waals surface area contributed by atoms with Crippen LogP contribution in [0.4, 0.5) is 4.39 Å². The summed E-state index contributed by atoms with van der Waals surface area (Å²) in [6.45, 7) is 4.19. The molecule has 65 valence electrons. The van der Waals surface area contributed by atoms with E-state index in [4.69, 9.17) is 0 Å². The first kappa shape index (κ1) is 9.24. The predicted octanol–water partition coefficient (Wildman–Crippen LogP) is 3.37. The summed E-state index contributed by atoms with van der Waals surface area (Å²) in [5, 5.41) is 0. The van der Waals surface area contributed by atoms with Crippen molar-refractivity contribution in [3.05, 3.63) is 41.6 Å². The molecule has 0 amide bonds. The zero-order valence-electron chi connectivity index (χ0n) is 7.60. The van der Waals surface area contributed by atoms with Gasteiger partial charge in [-0.05, 0) is 36.5 Å². The van der Waals surface area contributed by atoms with Crippen molar-refractivity contribution in [3.8, 4) is 0 Å². The molecule has 1 radical (unpaired) electrons. The van der Waals surface area contributed by atoms with Crippen molar-refractivity contribution < 1.29 is 4.39 Å². The molecule has 0 fully saturated rings. The molecule has 12 heavy (non-hydrogen) atoms. The van der Waals surface area contributed by atoms with Crippen LogP contribution in [0.1, 0.15) is 25.8 Å². The Labute approximate surface area is 73.4 Å². The fourth-order valence-electron chi connectivity index (χ4n) is 1.09. The van der Waals surface area contributed by atoms with Crippen molar-refractivity contribution in [2.45, 2.75) is 26.7 Å². The molecule has 1 rings (SSSR count). The van der Waals surface area contributed by atoms with Gasteiger partial charge in [0.1, 0.15) is 5.82 Å². The quantitative estimate of drug-likeness (QED) is 0.644. The lowest BCUT2D eigenvalue weighted by atomic mass is 10.0. The summed E-state index contributed by atoms with van der Waals surface area (Å²) in [7, 11) is 0. The van der Waals surface area contributed by atoms with Crippen molar-refractivity contribution in [1.29, 1.82) is 0 Å². The van der Waals surface area contributed by atoms with Crippen molar-refractivity contribution in [2.75, 3.05) is 0 Å². The number of aryl methyl sites for hydroxylation is 1. The number of halogens is 1. The number of rotatable bonds is 3. The number of hydrogen-bond donors (Lipinski definition) is 0. The minimum absolute atomic E-state index is 0.138. The highest BCUT2D eigenvalue weighted by Gasteiger charge is 1.97. The van der Waals surface area contributed by atoms with E-state index < -0.39 is 0 Å². The standard InChI is InChI=1S/C11H14F/c1-9(2)6-7-10-4-3-5-11(12)8-10/h3-5,8H,6-7H2,1-2H3. The van der Waals surface area contributed by atoms with Gasteiger partial charge in [-0.2, -0.15) is 0 Å². The van der Waals surface area contributed by atoms with E-state index in [9.17, 15) is 4.39 Å². The Kier molecular flexibility index (Phi) is 3.27. The smallest absolute Gasteiger partial charge is 0.123 e. The summed E-state index contributed by atoms with van der Waals surface area (Å²) in [5.74, 6) is 1.25. The van der Waals surface area contributed by atoms with E-state index in [1.807, 2.05) is 6.07 Å². The van der Waals surface area contributed by atoms with E-state index in [-0.39, 0.29) is 5.82 Å². The SMILES string of the molecule is C[C](C)CCc1cccc(F)c1. The summed E-state index contributed by atoms with van der Waals surface area (Å²) in [6.07, 6.45) is 1.99. The second-order valence-corrected chi connectivity index (χ2v) is 3.34. The highest BCUT2D eigenvalue weighted by atomic mass is 19.1. The molecule has 0 aliphatic heterocycles. The van der Waals surface area contributed by atoms with Crippen molar-refractivity contribution in [1.82, 2.24) is 0 Å². The third kappa shape index (κ3) is 3.04. The van der Waals surface area contributed by atoms with E-state index in [0.29, 0.717) is 0 Å². The lowest BCUT2D eigenvalue weighted by molar-refractivity contribution is 0.624. The van der Waals surface area contributed by atoms with Crippen molar-refractivity contribution in [2.24, 2.45) is 0 Å². The van der Waals surface area contributed by atoms with Gasteiger partial charge in [0.25, 0.3) is 0 Å². The van der Waals surface area contributed by atoms with Crippen LogP contribution in [0.3, 0.4) is 0 Å². The van der Waals surface area contributed by atoms with Gasteiger partial charge < -0.3 is 0 Å². The van der Waals surface area contributed by atoms with E-state index in [1.54, 1.807) is 12.1 Å². The Morgan fingerprint density at radius 2 is 2.08 bits per heavy atom. The zero-order chi connectivity index (χ0) is 8.97. The fourth-order valence-corrected chi connectivity index (χ4v) is 1.09. The molecule has 0 aliphatic rings. The fraction of sp³-hybridized carbons (Fsp3) is 0.364. The molecular formula is C11H14F. The Hall–Kier alpha value is -0.850. The molecule has 0 nitrogen and oxygen atoms in total. The van der Waals surface area contributed by atoms with Crippen LogP contribution >= 0.6 is 0 Å². The first-order valence-corrected chi connectivity index (χ1v) is 4.22. The van der Waals surface area contributed by atoms with Gasteiger partial charge in [-0.15, -0.1) is 0 Å². The average molecular weight is 165 g/mol. The molecule has 0 atom stereocenters. The molecule has 0 heterocycles. The molecule has 1 aromatic carbocycles. The molecule has 1 heteroatoms. The molecule has 1 aromatic rings. The van der Waals surface area contributed by atoms with E-state index in [2.05, 4.69) is 13.8 Å². The van der Waals surface area contributed by atoms with E-state index in [1.165, 1.54) is 12.0 Å². The lowest BCUT2D eigenvalue weighted by Gasteiger charge is -2.03. The maximum absolute atomic E-state index is 12.7. The Balaban J connectivity index is 2.52. The van der Waals surface area contributed by atoms with E-state index in [0.717, 1.165) is 18.4 Å². The van der Waals surface area contributed by atoms with Gasteiger partial charge in [-0.25, -0.2) is 4.39 Å². The number of benzene rings is 1. The van der Waals surface area contributed by atoms with Gasteiger partial charge in [-0.1, -0.05) is 26.0 Å². The first-order chi connectivity index (χ1) is 5.68. The van der Waals surface area contributed by atoms with Gasteiger partial charge in [0.2, 0.25) is 0 Å². The van der Waals surface area contributed by atoms with Crippen LogP contribution in [0.5, 0.6) is 0 Å². The van der Waals surface area contributed by atoms with Crippen LogP contribution in [-0.4, -0.2) is 0 Å². The zero-order valence-corrected chi connectivity index (χ0v) is 7.60. The van der Waals surface area contributed by atoms with Crippen LogP contribution in [-0.2, 0) is 6.42 Å². The summed E-state index contributed by atoms with van der Waals surface area (Å²) < 4.78 is 12.7. The van der Waals surface area contributed by atoms with Crippen LogP contribution in [0.2, 0.25) is 0 Å². The summed E-state index contributed by atoms with van der Waals surface area (Å²) in [5.41, 5.74) is 1.08. The lowest BCUT2D eigenvalue weighted by Crippen LogP contribution is -1.90. The van der Waals surface area contributed by atoms with Crippen LogP contribution in [0.25, 0.3) is 0 Å². The molecular weight excluding hydrogens is 151 g/mol. The van der Waals surface area contributed by atoms with Gasteiger partial charge in [0.05, 0.1) is 0 Å². The first-order valence-electron chi connectivity index (χ1n) is 4.22. The van der Waals surface area contributed by atoms with E-state index >= 15 is 0 Å². The third-order valence-electron chi connectivity index (χ3n) is 1.80. The van der Waals surface area contributed by atoms with Crippen molar-refractivity contribution in [3.63, 3.8) is 0 Å². The topological polar surface area (TPSA) is 0 Å². The van der Waals surface area contributed by atoms with Crippen molar-refractivity contribution >= 4 is 0 Å². The van der Waals surface area contributed by atoms with Gasteiger partial charge in [0, 0.05) is 0 Å².